The minimum absolute atomic E-state index is 0.699. The average molecular weight is 464 g/mol. The molecule has 3 N–H and O–H groups in total. The monoisotopic (exact) mass is 463 g/mol. The lowest BCUT2D eigenvalue weighted by Crippen LogP contribution is -2.15. The fourth-order valence-corrected chi connectivity index (χ4v) is 4.27. The van der Waals surface area contributed by atoms with E-state index in [-0.39, 0.29) is 0 Å². The number of thiazole rings is 1. The highest BCUT2D eigenvalue weighted by molar-refractivity contribution is 7.98. The van der Waals surface area contributed by atoms with E-state index in [2.05, 4.69) is 29.1 Å². The summed E-state index contributed by atoms with van der Waals surface area (Å²) in [5, 5.41) is 21.4. The Labute approximate surface area is 192 Å². The van der Waals surface area contributed by atoms with E-state index >= 15 is 0 Å². The molecule has 3 aromatic heterocycles. The molecular weight excluding hydrogens is 430 g/mol. The molecule has 1 atom stereocenters. The predicted octanol–water partition coefficient (Wildman–Crippen LogP) is 5.04. The van der Waals surface area contributed by atoms with Crippen molar-refractivity contribution in [1.82, 2.24) is 19.9 Å². The van der Waals surface area contributed by atoms with E-state index in [4.69, 9.17) is 20.2 Å². The van der Waals surface area contributed by atoms with Gasteiger partial charge in [-0.25, -0.2) is 15.0 Å². The van der Waals surface area contributed by atoms with Crippen molar-refractivity contribution >= 4 is 39.1 Å². The molecule has 3 rings (SSSR count). The second-order valence-electron chi connectivity index (χ2n) is 8.00. The number of aliphatic hydroxyl groups is 2. The van der Waals surface area contributed by atoms with Crippen LogP contribution in [0.4, 0.5) is 5.82 Å². The lowest BCUT2D eigenvalue weighted by molar-refractivity contribution is -0.127. The summed E-state index contributed by atoms with van der Waals surface area (Å²) in [5.74, 6) is 0.0832. The third-order valence-corrected chi connectivity index (χ3v) is 6.17. The molecule has 31 heavy (non-hydrogen) atoms. The smallest absolute Gasteiger partial charge is 0.189 e. The first-order valence-corrected chi connectivity index (χ1v) is 12.4. The van der Waals surface area contributed by atoms with Crippen LogP contribution < -0.4 is 5.32 Å². The summed E-state index contributed by atoms with van der Waals surface area (Å²) in [7, 11) is 0. The molecular formula is C22H33N5O2S2. The van der Waals surface area contributed by atoms with E-state index in [1.54, 1.807) is 23.1 Å². The van der Waals surface area contributed by atoms with Crippen LogP contribution in [-0.4, -0.2) is 48.7 Å². The zero-order chi connectivity index (χ0) is 23.2. The number of nitrogens with one attached hydrogen (secondary N) is 1. The van der Waals surface area contributed by atoms with Crippen LogP contribution in [-0.2, 0) is 0 Å². The third kappa shape index (κ3) is 7.68. The molecule has 0 saturated heterocycles. The number of rotatable bonds is 7. The fraction of sp³-hybridized carbons (Fsp3) is 0.545. The number of aryl methyl sites for hydroxylation is 2. The first-order chi connectivity index (χ1) is 14.5. The maximum atomic E-state index is 8.08. The fourth-order valence-electron chi connectivity index (χ4n) is 2.75. The molecule has 0 aromatic carbocycles. The zero-order valence-electron chi connectivity index (χ0n) is 19.4. The van der Waals surface area contributed by atoms with Crippen LogP contribution in [0.2, 0.25) is 0 Å². The standard InChI is InChI=1S/C19H25N5S2.C3H8O2/c1-6-11(2)7-9-21-17-15(12(3)22-19(24-17)25-5)18-23-16-13(4)20-10-8-14(16)26-18;1-3(2,4)5/h8,10-11H,6-7,9H2,1-5H3,(H,21,22,24);4-5H,1-2H3. The van der Waals surface area contributed by atoms with Crippen molar-refractivity contribution in [2.24, 2.45) is 5.92 Å². The van der Waals surface area contributed by atoms with Gasteiger partial charge >= 0.3 is 0 Å². The van der Waals surface area contributed by atoms with Crippen molar-refractivity contribution in [1.29, 1.82) is 0 Å². The maximum absolute atomic E-state index is 8.08. The van der Waals surface area contributed by atoms with Crippen LogP contribution >= 0.6 is 23.1 Å². The van der Waals surface area contributed by atoms with Crippen LogP contribution in [0, 0.1) is 19.8 Å². The van der Waals surface area contributed by atoms with Crippen LogP contribution in [0.1, 0.15) is 51.9 Å². The predicted molar refractivity (Wildman–Crippen MR) is 131 cm³/mol. The quantitative estimate of drug-likeness (QED) is 0.254. The highest BCUT2D eigenvalue weighted by Crippen LogP contribution is 2.36. The van der Waals surface area contributed by atoms with Crippen LogP contribution in [0.25, 0.3) is 20.8 Å². The molecule has 0 spiro atoms. The summed E-state index contributed by atoms with van der Waals surface area (Å²) in [6.07, 6.45) is 6.16. The molecule has 9 heteroatoms. The molecule has 7 nitrogen and oxygen atoms in total. The van der Waals surface area contributed by atoms with Gasteiger partial charge in [0.2, 0.25) is 0 Å². The Balaban J connectivity index is 0.000000614. The van der Waals surface area contributed by atoms with Crippen molar-refractivity contribution < 1.29 is 10.2 Å². The maximum Gasteiger partial charge on any atom is 0.189 e. The van der Waals surface area contributed by atoms with Crippen molar-refractivity contribution in [3.05, 3.63) is 23.7 Å². The van der Waals surface area contributed by atoms with E-state index in [9.17, 15) is 0 Å². The summed E-state index contributed by atoms with van der Waals surface area (Å²) < 4.78 is 1.14. The van der Waals surface area contributed by atoms with Gasteiger partial charge in [0.15, 0.2) is 10.9 Å². The minimum atomic E-state index is -1.50. The lowest BCUT2D eigenvalue weighted by Gasteiger charge is -2.14. The largest absolute Gasteiger partial charge is 0.369 e. The molecule has 0 aliphatic rings. The Morgan fingerprint density at radius 2 is 1.84 bits per heavy atom. The number of pyridine rings is 1. The van der Waals surface area contributed by atoms with Gasteiger partial charge in [-0.05, 0) is 52.4 Å². The summed E-state index contributed by atoms with van der Waals surface area (Å²) in [4.78, 5) is 18.6. The molecule has 170 valence electrons. The van der Waals surface area contributed by atoms with Crippen molar-refractivity contribution in [3.8, 4) is 10.6 Å². The number of thioether (sulfide) groups is 1. The summed E-state index contributed by atoms with van der Waals surface area (Å²) in [6.45, 7) is 12.0. The molecule has 0 fully saturated rings. The highest BCUT2D eigenvalue weighted by atomic mass is 32.2. The van der Waals surface area contributed by atoms with Gasteiger partial charge in [-0.2, -0.15) is 0 Å². The van der Waals surface area contributed by atoms with E-state index in [1.165, 1.54) is 20.3 Å². The van der Waals surface area contributed by atoms with Crippen LogP contribution in [0.3, 0.4) is 0 Å². The highest BCUT2D eigenvalue weighted by Gasteiger charge is 2.18. The van der Waals surface area contributed by atoms with E-state index in [0.717, 1.165) is 56.1 Å². The Kier molecular flexibility index (Phi) is 9.17. The number of fused-ring (bicyclic) bond motifs is 1. The van der Waals surface area contributed by atoms with Crippen LogP contribution in [0.5, 0.6) is 0 Å². The topological polar surface area (TPSA) is 104 Å². The second-order valence-corrected chi connectivity index (χ2v) is 9.81. The van der Waals surface area contributed by atoms with Gasteiger partial charge in [0.25, 0.3) is 0 Å². The number of nitrogens with zero attached hydrogens (tertiary/aromatic N) is 4. The van der Waals surface area contributed by atoms with E-state index in [0.29, 0.717) is 5.92 Å². The van der Waals surface area contributed by atoms with Crippen LogP contribution in [0.15, 0.2) is 17.4 Å². The Bertz CT molecular complexity index is 995. The molecule has 0 saturated carbocycles. The van der Waals surface area contributed by atoms with Crippen molar-refractivity contribution in [2.75, 3.05) is 18.1 Å². The molecule has 1 unspecified atom stereocenters. The van der Waals surface area contributed by atoms with E-state index < -0.39 is 5.79 Å². The molecule has 3 heterocycles. The summed E-state index contributed by atoms with van der Waals surface area (Å²) >= 11 is 3.24. The van der Waals surface area contributed by atoms with Gasteiger partial charge in [0.1, 0.15) is 16.3 Å². The van der Waals surface area contributed by atoms with Gasteiger partial charge in [0, 0.05) is 12.7 Å². The normalized spacial score (nSPS) is 12.4. The lowest BCUT2D eigenvalue weighted by atomic mass is 10.1. The molecule has 0 aliphatic heterocycles. The number of aromatic nitrogens is 4. The number of anilines is 1. The van der Waals surface area contributed by atoms with Crippen molar-refractivity contribution in [3.63, 3.8) is 0 Å². The molecule has 0 aliphatic carbocycles. The van der Waals surface area contributed by atoms with Gasteiger partial charge in [-0.3, -0.25) is 4.98 Å². The summed E-state index contributed by atoms with van der Waals surface area (Å²) in [5.41, 5.74) is 3.88. The molecule has 0 amide bonds. The SMILES string of the molecule is CC(C)(O)O.CCC(C)CCNc1nc(SC)nc(C)c1-c1nc2c(C)nccc2s1. The number of hydrogen-bond acceptors (Lipinski definition) is 9. The summed E-state index contributed by atoms with van der Waals surface area (Å²) in [6, 6.07) is 2.02. The first-order valence-electron chi connectivity index (χ1n) is 10.4. The Morgan fingerprint density at radius 3 is 2.42 bits per heavy atom. The molecule has 0 bridgehead atoms. The minimum Gasteiger partial charge on any atom is -0.369 e. The average Bonchev–Trinajstić information content (AvgIpc) is 3.11. The van der Waals surface area contributed by atoms with Gasteiger partial charge in [-0.1, -0.05) is 32.0 Å². The molecule has 3 aromatic rings. The molecule has 0 radical (unpaired) electrons. The third-order valence-electron chi connectivity index (χ3n) is 4.58. The van der Waals surface area contributed by atoms with E-state index in [1.807, 2.05) is 32.4 Å². The zero-order valence-corrected chi connectivity index (χ0v) is 21.0. The first kappa shape index (κ1) is 25.5. The van der Waals surface area contributed by atoms with Gasteiger partial charge in [0.05, 0.1) is 21.7 Å². The Hall–Kier alpha value is -1.81. The second kappa shape index (κ2) is 11.2. The van der Waals surface area contributed by atoms with Gasteiger partial charge in [-0.15, -0.1) is 11.3 Å². The van der Waals surface area contributed by atoms with Crippen molar-refractivity contribution in [2.45, 2.75) is 65.3 Å². The number of hydrogen-bond donors (Lipinski definition) is 3. The van der Waals surface area contributed by atoms with Gasteiger partial charge < -0.3 is 15.5 Å². The Morgan fingerprint density at radius 1 is 1.16 bits per heavy atom.